The molecule has 1 saturated heterocycles. The summed E-state index contributed by atoms with van der Waals surface area (Å²) in [4.78, 5) is 38.4. The van der Waals surface area contributed by atoms with Gasteiger partial charge in [0.25, 0.3) is 11.1 Å². The van der Waals surface area contributed by atoms with Gasteiger partial charge in [-0.2, -0.15) is 0 Å². The SMILES string of the molecule is O=C(CN1C(=O)S/C(=C/c2cc3c(cc2Br)OCO3)C1=O)c1ccccc1. The van der Waals surface area contributed by atoms with Crippen LogP contribution in [0.2, 0.25) is 0 Å². The Balaban J connectivity index is 1.56. The lowest BCUT2D eigenvalue weighted by molar-refractivity contribution is -0.122. The van der Waals surface area contributed by atoms with E-state index in [-0.39, 0.29) is 24.0 Å². The molecule has 4 rings (SSSR count). The lowest BCUT2D eigenvalue weighted by Crippen LogP contribution is -2.33. The minimum atomic E-state index is -0.487. The van der Waals surface area contributed by atoms with Crippen molar-refractivity contribution in [3.8, 4) is 11.5 Å². The second-order valence-corrected chi connectivity index (χ2v) is 7.63. The quantitative estimate of drug-likeness (QED) is 0.520. The fraction of sp³-hybridized carbons (Fsp3) is 0.105. The maximum atomic E-state index is 12.6. The number of nitrogens with zero attached hydrogens (tertiary/aromatic N) is 1. The van der Waals surface area contributed by atoms with Gasteiger partial charge in [-0.3, -0.25) is 19.3 Å². The van der Waals surface area contributed by atoms with E-state index in [1.807, 2.05) is 0 Å². The van der Waals surface area contributed by atoms with E-state index in [1.165, 1.54) is 0 Å². The van der Waals surface area contributed by atoms with Crippen molar-refractivity contribution in [2.24, 2.45) is 0 Å². The van der Waals surface area contributed by atoms with E-state index in [2.05, 4.69) is 15.9 Å². The summed E-state index contributed by atoms with van der Waals surface area (Å²) < 4.78 is 11.4. The van der Waals surface area contributed by atoms with Crippen molar-refractivity contribution in [2.45, 2.75) is 0 Å². The molecule has 2 amide bonds. The number of fused-ring (bicyclic) bond motifs is 1. The minimum absolute atomic E-state index is 0.142. The Morgan fingerprint density at radius 3 is 2.59 bits per heavy atom. The minimum Gasteiger partial charge on any atom is -0.454 e. The molecule has 8 heteroatoms. The summed E-state index contributed by atoms with van der Waals surface area (Å²) in [6.45, 7) is -0.141. The van der Waals surface area contributed by atoms with Crippen LogP contribution in [0.15, 0.2) is 51.8 Å². The van der Waals surface area contributed by atoms with E-state index in [1.54, 1.807) is 48.5 Å². The number of hydrogen-bond donors (Lipinski definition) is 0. The molecule has 6 nitrogen and oxygen atoms in total. The first-order valence-corrected chi connectivity index (χ1v) is 9.56. The van der Waals surface area contributed by atoms with Gasteiger partial charge in [0.1, 0.15) is 0 Å². The van der Waals surface area contributed by atoms with Crippen LogP contribution in [0.1, 0.15) is 15.9 Å². The number of hydrogen-bond acceptors (Lipinski definition) is 6. The van der Waals surface area contributed by atoms with Crippen LogP contribution in [-0.2, 0) is 4.79 Å². The fourth-order valence-electron chi connectivity index (χ4n) is 2.68. The smallest absolute Gasteiger partial charge is 0.293 e. The highest BCUT2D eigenvalue weighted by Crippen LogP contribution is 2.39. The molecule has 0 atom stereocenters. The van der Waals surface area contributed by atoms with Gasteiger partial charge in [0.2, 0.25) is 6.79 Å². The number of Topliss-reactive ketones (excluding diaryl/α,β-unsaturated/α-hetero) is 1. The number of benzene rings is 2. The van der Waals surface area contributed by atoms with Gasteiger partial charge in [-0.15, -0.1) is 0 Å². The van der Waals surface area contributed by atoms with Crippen molar-refractivity contribution in [1.29, 1.82) is 0 Å². The zero-order chi connectivity index (χ0) is 19.0. The molecule has 2 aromatic rings. The number of halogens is 1. The molecule has 0 aromatic heterocycles. The molecule has 0 aliphatic carbocycles. The summed E-state index contributed by atoms with van der Waals surface area (Å²) in [6, 6.07) is 12.0. The van der Waals surface area contributed by atoms with E-state index < -0.39 is 11.1 Å². The normalized spacial score (nSPS) is 17.1. The van der Waals surface area contributed by atoms with E-state index >= 15 is 0 Å². The molecular formula is C19H12BrNO5S. The fourth-order valence-corrected chi connectivity index (χ4v) is 3.95. The second-order valence-electron chi connectivity index (χ2n) is 5.78. The molecule has 0 bridgehead atoms. The molecule has 0 spiro atoms. The number of carbonyl (C=O) groups excluding carboxylic acids is 3. The van der Waals surface area contributed by atoms with Crippen LogP contribution in [-0.4, -0.2) is 35.2 Å². The highest BCUT2D eigenvalue weighted by atomic mass is 79.9. The summed E-state index contributed by atoms with van der Waals surface area (Å²) in [6.07, 6.45) is 1.60. The Hall–Kier alpha value is -2.58. The predicted molar refractivity (Wildman–Crippen MR) is 104 cm³/mol. The molecule has 2 aliphatic heterocycles. The van der Waals surface area contributed by atoms with Gasteiger partial charge in [0.05, 0.1) is 11.4 Å². The van der Waals surface area contributed by atoms with Crippen molar-refractivity contribution >= 4 is 50.7 Å². The predicted octanol–water partition coefficient (Wildman–Crippen LogP) is 4.10. The topological polar surface area (TPSA) is 72.9 Å². The molecule has 2 heterocycles. The molecule has 0 N–H and O–H groups in total. The van der Waals surface area contributed by atoms with E-state index in [0.29, 0.717) is 27.1 Å². The molecule has 0 unspecified atom stereocenters. The maximum Gasteiger partial charge on any atom is 0.293 e. The number of imide groups is 1. The number of amides is 2. The van der Waals surface area contributed by atoms with Crippen LogP contribution < -0.4 is 9.47 Å². The standard InChI is InChI=1S/C19H12BrNO5S/c20-13-8-16-15(25-10-26-16)6-12(13)7-17-18(23)21(19(24)27-17)9-14(22)11-4-2-1-3-5-11/h1-8H,9-10H2/b17-7+. The van der Waals surface area contributed by atoms with E-state index in [4.69, 9.17) is 9.47 Å². The van der Waals surface area contributed by atoms with Gasteiger partial charge in [0.15, 0.2) is 17.3 Å². The lowest BCUT2D eigenvalue weighted by Gasteiger charge is -2.11. The Morgan fingerprint density at radius 1 is 1.15 bits per heavy atom. The van der Waals surface area contributed by atoms with Crippen molar-refractivity contribution in [3.05, 3.63) is 63.0 Å². The van der Waals surface area contributed by atoms with Crippen LogP contribution in [0, 0.1) is 0 Å². The zero-order valence-corrected chi connectivity index (χ0v) is 16.2. The highest BCUT2D eigenvalue weighted by molar-refractivity contribution is 9.10. The van der Waals surface area contributed by atoms with Gasteiger partial charge in [0, 0.05) is 10.0 Å². The first-order chi connectivity index (χ1) is 13.0. The average molecular weight is 446 g/mol. The monoisotopic (exact) mass is 445 g/mol. The number of carbonyl (C=O) groups is 3. The van der Waals surface area contributed by atoms with Crippen LogP contribution in [0.5, 0.6) is 11.5 Å². The molecular weight excluding hydrogens is 434 g/mol. The van der Waals surface area contributed by atoms with Gasteiger partial charge in [-0.1, -0.05) is 46.3 Å². The maximum absolute atomic E-state index is 12.6. The molecule has 0 saturated carbocycles. The largest absolute Gasteiger partial charge is 0.454 e. The number of rotatable bonds is 4. The molecule has 1 fully saturated rings. The zero-order valence-electron chi connectivity index (χ0n) is 13.8. The summed E-state index contributed by atoms with van der Waals surface area (Å²) in [5.41, 5.74) is 1.14. The number of ketones is 1. The first kappa shape index (κ1) is 17.8. The van der Waals surface area contributed by atoms with Crippen LogP contribution in [0.4, 0.5) is 4.79 Å². The van der Waals surface area contributed by atoms with Crippen LogP contribution in [0.3, 0.4) is 0 Å². The average Bonchev–Trinajstić information content (AvgIpc) is 3.22. The van der Waals surface area contributed by atoms with E-state index in [9.17, 15) is 14.4 Å². The van der Waals surface area contributed by atoms with Crippen LogP contribution in [0.25, 0.3) is 6.08 Å². The van der Waals surface area contributed by atoms with Crippen molar-refractivity contribution < 1.29 is 23.9 Å². The lowest BCUT2D eigenvalue weighted by atomic mass is 10.1. The van der Waals surface area contributed by atoms with Crippen molar-refractivity contribution in [1.82, 2.24) is 4.90 Å². The Morgan fingerprint density at radius 2 is 1.85 bits per heavy atom. The first-order valence-electron chi connectivity index (χ1n) is 7.95. The molecule has 136 valence electrons. The summed E-state index contributed by atoms with van der Waals surface area (Å²) >= 11 is 4.23. The molecule has 27 heavy (non-hydrogen) atoms. The Labute approximate surface area is 167 Å². The summed E-state index contributed by atoms with van der Waals surface area (Å²) in [7, 11) is 0. The molecule has 2 aliphatic rings. The van der Waals surface area contributed by atoms with Crippen LogP contribution >= 0.6 is 27.7 Å². The molecule has 2 aromatic carbocycles. The highest BCUT2D eigenvalue weighted by Gasteiger charge is 2.36. The summed E-state index contributed by atoms with van der Waals surface area (Å²) in [5, 5.41) is -0.465. The third-order valence-corrected chi connectivity index (χ3v) is 5.64. The number of thioether (sulfide) groups is 1. The Bertz CT molecular complexity index is 989. The third kappa shape index (κ3) is 3.50. The number of ether oxygens (including phenoxy) is 2. The van der Waals surface area contributed by atoms with Gasteiger partial charge < -0.3 is 9.47 Å². The summed E-state index contributed by atoms with van der Waals surface area (Å²) in [5.74, 6) is 0.408. The van der Waals surface area contributed by atoms with Crippen molar-refractivity contribution in [2.75, 3.05) is 13.3 Å². The van der Waals surface area contributed by atoms with Crippen molar-refractivity contribution in [3.63, 3.8) is 0 Å². The second kappa shape index (κ2) is 7.21. The van der Waals surface area contributed by atoms with Gasteiger partial charge in [-0.05, 0) is 35.5 Å². The van der Waals surface area contributed by atoms with E-state index in [0.717, 1.165) is 16.7 Å². The van der Waals surface area contributed by atoms with Gasteiger partial charge in [-0.25, -0.2) is 0 Å². The third-order valence-electron chi connectivity index (χ3n) is 4.05. The van der Waals surface area contributed by atoms with Gasteiger partial charge >= 0.3 is 0 Å². The molecule has 0 radical (unpaired) electrons. The Kier molecular flexibility index (Phi) is 4.75.